The van der Waals surface area contributed by atoms with Crippen LogP contribution >= 0.6 is 43.5 Å². The van der Waals surface area contributed by atoms with Crippen molar-refractivity contribution >= 4 is 86.3 Å². The molecule has 15 heavy (non-hydrogen) atoms. The molecule has 0 aliphatic rings. The van der Waals surface area contributed by atoms with E-state index in [1.807, 2.05) is 12.1 Å². The molecule has 1 aromatic heterocycles. The molecule has 0 saturated heterocycles. The molecule has 7 heteroatoms. The van der Waals surface area contributed by atoms with Gasteiger partial charge in [0.25, 0.3) is 0 Å². The van der Waals surface area contributed by atoms with Crippen molar-refractivity contribution in [1.29, 1.82) is 0 Å². The van der Waals surface area contributed by atoms with E-state index in [2.05, 4.69) is 56.0 Å². The fourth-order valence-corrected chi connectivity index (χ4v) is 5.09. The number of halogens is 3. The number of aromatic nitrogens is 2. The van der Waals surface area contributed by atoms with E-state index in [4.69, 9.17) is 11.6 Å². The molecule has 1 heterocycles. The molecule has 0 atom stereocenters. The summed E-state index contributed by atoms with van der Waals surface area (Å²) in [5.41, 5.74) is 0.862. The maximum atomic E-state index is 5.86. The Balaban J connectivity index is 2.89. The molecule has 2 nitrogen and oxygen atoms in total. The van der Waals surface area contributed by atoms with Gasteiger partial charge in [-0.15, -0.1) is 0 Å². The summed E-state index contributed by atoms with van der Waals surface area (Å²) in [6, 6.07) is 3.97. The predicted octanol–water partition coefficient (Wildman–Crippen LogP) is 1.95. The Hall–Kier alpha value is 0.849. The van der Waals surface area contributed by atoms with Crippen molar-refractivity contribution in [2.75, 3.05) is 0 Å². The predicted molar refractivity (Wildman–Crippen MR) is 72.5 cm³/mol. The van der Waals surface area contributed by atoms with E-state index in [9.17, 15) is 0 Å². The van der Waals surface area contributed by atoms with Crippen LogP contribution < -0.4 is 4.59 Å². The molecule has 0 fully saturated rings. The molecule has 0 spiro atoms. The van der Waals surface area contributed by atoms with E-state index in [0.29, 0.717) is 5.28 Å². The normalized spacial score (nSPS) is 10.9. The number of rotatable bonds is 1. The minimum atomic E-state index is 0.234. The summed E-state index contributed by atoms with van der Waals surface area (Å²) >= 11 is 15.6. The van der Waals surface area contributed by atoms with Gasteiger partial charge < -0.3 is 0 Å². The first-order chi connectivity index (χ1) is 7.11. The van der Waals surface area contributed by atoms with E-state index in [1.54, 1.807) is 0 Å². The molecule has 78 valence electrons. The van der Waals surface area contributed by atoms with Crippen molar-refractivity contribution in [3.05, 3.63) is 26.4 Å². The Morgan fingerprint density at radius 3 is 2.67 bits per heavy atom. The van der Waals surface area contributed by atoms with Gasteiger partial charge in [-0.1, -0.05) is 0 Å². The zero-order chi connectivity index (χ0) is 11.0. The molecule has 0 saturated carbocycles. The van der Waals surface area contributed by atoms with Gasteiger partial charge in [-0.25, -0.2) is 0 Å². The van der Waals surface area contributed by atoms with Crippen LogP contribution in [0.2, 0.25) is 5.28 Å². The van der Waals surface area contributed by atoms with Gasteiger partial charge >= 0.3 is 123 Å². The maximum absolute atomic E-state index is 5.86. The SMILES string of the molecule is Clc1nc([Se][SeH])c2cc(Br)cc(Br)c2n1. The summed E-state index contributed by atoms with van der Waals surface area (Å²) < 4.78 is 2.93. The van der Waals surface area contributed by atoms with Crippen LogP contribution in [-0.2, 0) is 0 Å². The van der Waals surface area contributed by atoms with Crippen LogP contribution in [0, 0.1) is 0 Å². The van der Waals surface area contributed by atoms with Crippen molar-refractivity contribution in [2.45, 2.75) is 0 Å². The Morgan fingerprint density at radius 1 is 1.27 bits per heavy atom. The third kappa shape index (κ3) is 2.58. The van der Waals surface area contributed by atoms with Crippen LogP contribution in [0.3, 0.4) is 0 Å². The number of hydrogen-bond donors (Lipinski definition) is 0. The molecule has 2 rings (SSSR count). The molecule has 0 N–H and O–H groups in total. The zero-order valence-electron chi connectivity index (χ0n) is 7.04. The van der Waals surface area contributed by atoms with Crippen molar-refractivity contribution < 1.29 is 0 Å². The first-order valence-electron chi connectivity index (χ1n) is 3.75. The van der Waals surface area contributed by atoms with Crippen LogP contribution in [0.5, 0.6) is 0 Å². The minimum absolute atomic E-state index is 0.234. The number of benzene rings is 1. The second kappa shape index (κ2) is 5.01. The monoisotopic (exact) mass is 480 g/mol. The van der Waals surface area contributed by atoms with Crippen LogP contribution in [-0.4, -0.2) is 37.3 Å². The molecule has 0 aliphatic heterocycles. The molecule has 2 aromatic rings. The van der Waals surface area contributed by atoms with Crippen LogP contribution in [0.4, 0.5) is 0 Å². The molecule has 0 amide bonds. The van der Waals surface area contributed by atoms with Gasteiger partial charge in [-0.05, 0) is 0 Å². The average molecular weight is 480 g/mol. The second-order valence-corrected chi connectivity index (χ2v) is 7.97. The third-order valence-electron chi connectivity index (χ3n) is 1.74. The van der Waals surface area contributed by atoms with Gasteiger partial charge in [0.05, 0.1) is 0 Å². The summed E-state index contributed by atoms with van der Waals surface area (Å²) in [7, 11) is 0. The first-order valence-corrected chi connectivity index (χ1v) is 11.3. The number of fused-ring (bicyclic) bond motifs is 1. The summed E-state index contributed by atoms with van der Waals surface area (Å²) in [5.74, 6) is 0. The Morgan fingerprint density at radius 2 is 2.00 bits per heavy atom. The standard InChI is InChI=1S/C8H3Br2ClN2Se2/c9-3-1-4-6(5(10)2-3)12-8(11)13-7(4)15-14/h1-2,14H. The van der Waals surface area contributed by atoms with E-state index < -0.39 is 0 Å². The van der Waals surface area contributed by atoms with E-state index in [0.717, 1.165) is 24.4 Å². The average Bonchev–Trinajstić information content (AvgIpc) is 2.18. The summed E-state index contributed by atoms with van der Waals surface area (Å²) in [4.78, 5) is 8.44. The van der Waals surface area contributed by atoms with Gasteiger partial charge in [-0.3, -0.25) is 0 Å². The molecule has 0 bridgehead atoms. The summed E-state index contributed by atoms with van der Waals surface area (Å²) in [6.45, 7) is 0. The second-order valence-electron chi connectivity index (χ2n) is 2.67. The topological polar surface area (TPSA) is 25.8 Å². The molecular formula is C8H3Br2ClN2Se2. The quantitative estimate of drug-likeness (QED) is 0.461. The van der Waals surface area contributed by atoms with Gasteiger partial charge in [0.2, 0.25) is 0 Å². The molecule has 0 aliphatic carbocycles. The molecule has 1 aromatic carbocycles. The summed E-state index contributed by atoms with van der Waals surface area (Å²) in [6.07, 6.45) is 0. The number of hydrogen-bond acceptors (Lipinski definition) is 2. The number of nitrogens with zero attached hydrogens (tertiary/aromatic N) is 2. The van der Waals surface area contributed by atoms with Crippen molar-refractivity contribution in [3.8, 4) is 0 Å². The van der Waals surface area contributed by atoms with E-state index in [1.165, 1.54) is 0 Å². The first kappa shape index (κ1) is 12.3. The van der Waals surface area contributed by atoms with Crippen molar-refractivity contribution in [1.82, 2.24) is 9.97 Å². The van der Waals surface area contributed by atoms with Crippen LogP contribution in [0.15, 0.2) is 21.1 Å². The van der Waals surface area contributed by atoms with Crippen molar-refractivity contribution in [2.24, 2.45) is 0 Å². The zero-order valence-corrected chi connectivity index (χ0v) is 14.6. The fourth-order valence-electron chi connectivity index (χ4n) is 1.17. The molecule has 0 radical (unpaired) electrons. The van der Waals surface area contributed by atoms with Crippen molar-refractivity contribution in [3.63, 3.8) is 0 Å². The van der Waals surface area contributed by atoms with Crippen LogP contribution in [0.1, 0.15) is 0 Å². The summed E-state index contributed by atoms with van der Waals surface area (Å²) in [5, 5.41) is 1.34. The van der Waals surface area contributed by atoms with Gasteiger partial charge in [-0.2, -0.15) is 0 Å². The third-order valence-corrected chi connectivity index (χ3v) is 5.88. The molecular weight excluding hydrogens is 477 g/mol. The fraction of sp³-hybridized carbons (Fsp3) is 0. The van der Waals surface area contributed by atoms with Gasteiger partial charge in [0.1, 0.15) is 0 Å². The Bertz CT molecular complexity index is 536. The van der Waals surface area contributed by atoms with Gasteiger partial charge in [0.15, 0.2) is 0 Å². The molecule has 0 unspecified atom stereocenters. The van der Waals surface area contributed by atoms with E-state index >= 15 is 0 Å². The van der Waals surface area contributed by atoms with Crippen LogP contribution in [0.25, 0.3) is 10.9 Å². The Kier molecular flexibility index (Phi) is 4.11. The Labute approximate surface area is 121 Å². The van der Waals surface area contributed by atoms with E-state index in [-0.39, 0.29) is 13.1 Å². The van der Waals surface area contributed by atoms with Gasteiger partial charge in [0, 0.05) is 0 Å².